The topological polar surface area (TPSA) is 48.9 Å². The molecule has 2 aromatic rings. The number of guanidine groups is 1. The molecule has 0 atom stereocenters. The van der Waals surface area contributed by atoms with Crippen molar-refractivity contribution in [1.82, 2.24) is 15.5 Å². The number of aliphatic imine (C=N–C) groups is 1. The quantitative estimate of drug-likeness (QED) is 0.352. The van der Waals surface area contributed by atoms with Crippen LogP contribution < -0.4 is 10.6 Å². The Morgan fingerprint density at radius 1 is 0.929 bits per heavy atom. The van der Waals surface area contributed by atoms with E-state index in [-0.39, 0.29) is 24.0 Å². The van der Waals surface area contributed by atoms with Gasteiger partial charge < -0.3 is 15.4 Å². The fourth-order valence-corrected chi connectivity index (χ4v) is 3.06. The molecule has 28 heavy (non-hydrogen) atoms. The van der Waals surface area contributed by atoms with E-state index in [0.29, 0.717) is 6.54 Å². The summed E-state index contributed by atoms with van der Waals surface area (Å²) in [7, 11) is 0. The van der Waals surface area contributed by atoms with Crippen LogP contribution in [0.1, 0.15) is 23.6 Å². The monoisotopic (exact) mass is 494 g/mol. The fraction of sp³-hybridized carbons (Fsp3) is 0.409. The van der Waals surface area contributed by atoms with Gasteiger partial charge in [0, 0.05) is 32.7 Å². The highest BCUT2D eigenvalue weighted by atomic mass is 127. The SMILES string of the molecule is CCNC(=NCc1ccccc1)NCc1ccc(CN2CCOCC2)cc1.I. The predicted molar refractivity (Wildman–Crippen MR) is 126 cm³/mol. The summed E-state index contributed by atoms with van der Waals surface area (Å²) in [5.41, 5.74) is 3.82. The molecule has 0 aromatic heterocycles. The van der Waals surface area contributed by atoms with Gasteiger partial charge in [-0.3, -0.25) is 4.90 Å². The molecule has 2 aromatic carbocycles. The van der Waals surface area contributed by atoms with Crippen LogP contribution in [0.3, 0.4) is 0 Å². The molecule has 0 unspecified atom stereocenters. The molecule has 1 heterocycles. The van der Waals surface area contributed by atoms with E-state index in [1.54, 1.807) is 0 Å². The highest BCUT2D eigenvalue weighted by molar-refractivity contribution is 14.0. The zero-order valence-electron chi connectivity index (χ0n) is 16.6. The van der Waals surface area contributed by atoms with Crippen molar-refractivity contribution in [2.45, 2.75) is 26.6 Å². The van der Waals surface area contributed by atoms with E-state index >= 15 is 0 Å². The molecule has 1 aliphatic rings. The second kappa shape index (κ2) is 12.7. The minimum atomic E-state index is 0. The average Bonchev–Trinajstić information content (AvgIpc) is 2.73. The van der Waals surface area contributed by atoms with Gasteiger partial charge in [0.1, 0.15) is 0 Å². The Morgan fingerprint density at radius 3 is 2.29 bits per heavy atom. The summed E-state index contributed by atoms with van der Waals surface area (Å²) >= 11 is 0. The van der Waals surface area contributed by atoms with E-state index in [1.165, 1.54) is 16.7 Å². The lowest BCUT2D eigenvalue weighted by atomic mass is 10.1. The summed E-state index contributed by atoms with van der Waals surface area (Å²) < 4.78 is 5.41. The van der Waals surface area contributed by atoms with E-state index in [2.05, 4.69) is 63.8 Å². The molecule has 3 rings (SSSR count). The van der Waals surface area contributed by atoms with Gasteiger partial charge in [0.15, 0.2) is 5.96 Å². The van der Waals surface area contributed by atoms with E-state index in [1.807, 2.05) is 18.2 Å². The highest BCUT2D eigenvalue weighted by Gasteiger charge is 2.10. The van der Waals surface area contributed by atoms with Crippen molar-refractivity contribution < 1.29 is 4.74 Å². The highest BCUT2D eigenvalue weighted by Crippen LogP contribution is 2.09. The molecular formula is C22H31IN4O. The van der Waals surface area contributed by atoms with E-state index < -0.39 is 0 Å². The third-order valence-corrected chi connectivity index (χ3v) is 4.60. The van der Waals surface area contributed by atoms with Crippen molar-refractivity contribution in [1.29, 1.82) is 0 Å². The van der Waals surface area contributed by atoms with Gasteiger partial charge in [-0.2, -0.15) is 0 Å². The molecule has 0 bridgehead atoms. The van der Waals surface area contributed by atoms with Crippen molar-refractivity contribution >= 4 is 29.9 Å². The smallest absolute Gasteiger partial charge is 0.191 e. The van der Waals surface area contributed by atoms with Crippen LogP contribution in [-0.2, 0) is 24.4 Å². The maximum absolute atomic E-state index is 5.41. The summed E-state index contributed by atoms with van der Waals surface area (Å²) in [6, 6.07) is 19.2. The standard InChI is InChI=1S/C22H30N4O.HI/c1-2-23-22(24-16-19-6-4-3-5-7-19)25-17-20-8-10-21(11-9-20)18-26-12-14-27-15-13-26;/h3-11H,2,12-18H2,1H3,(H2,23,24,25);1H. The number of hydrogen-bond acceptors (Lipinski definition) is 3. The first-order chi connectivity index (χ1) is 13.3. The number of nitrogens with zero attached hydrogens (tertiary/aromatic N) is 2. The van der Waals surface area contributed by atoms with Gasteiger partial charge in [0.2, 0.25) is 0 Å². The summed E-state index contributed by atoms with van der Waals surface area (Å²) in [6.07, 6.45) is 0. The second-order valence-corrected chi connectivity index (χ2v) is 6.74. The maximum atomic E-state index is 5.41. The predicted octanol–water partition coefficient (Wildman–Crippen LogP) is 3.39. The van der Waals surface area contributed by atoms with E-state index in [4.69, 9.17) is 4.74 Å². The lowest BCUT2D eigenvalue weighted by molar-refractivity contribution is 0.0342. The summed E-state index contributed by atoms with van der Waals surface area (Å²) in [5.74, 6) is 0.846. The lowest BCUT2D eigenvalue weighted by Crippen LogP contribution is -2.36. The molecule has 0 aliphatic carbocycles. The Kier molecular flexibility index (Phi) is 10.3. The first-order valence-electron chi connectivity index (χ1n) is 9.77. The van der Waals surface area contributed by atoms with Crippen LogP contribution in [0.5, 0.6) is 0 Å². The zero-order valence-corrected chi connectivity index (χ0v) is 18.9. The van der Waals surface area contributed by atoms with E-state index in [0.717, 1.165) is 51.9 Å². The first-order valence-corrected chi connectivity index (χ1v) is 9.77. The minimum absolute atomic E-state index is 0. The number of morpholine rings is 1. The van der Waals surface area contributed by atoms with Crippen molar-refractivity contribution in [3.05, 3.63) is 71.3 Å². The van der Waals surface area contributed by atoms with Crippen molar-refractivity contribution in [3.8, 4) is 0 Å². The van der Waals surface area contributed by atoms with Crippen LogP contribution in [0.25, 0.3) is 0 Å². The summed E-state index contributed by atoms with van der Waals surface area (Å²) in [5, 5.41) is 6.73. The van der Waals surface area contributed by atoms with Crippen molar-refractivity contribution in [2.75, 3.05) is 32.8 Å². The van der Waals surface area contributed by atoms with Crippen LogP contribution in [0, 0.1) is 0 Å². The minimum Gasteiger partial charge on any atom is -0.379 e. The molecule has 2 N–H and O–H groups in total. The van der Waals surface area contributed by atoms with Gasteiger partial charge in [-0.15, -0.1) is 24.0 Å². The molecular weight excluding hydrogens is 463 g/mol. The molecule has 152 valence electrons. The molecule has 6 heteroatoms. The van der Waals surface area contributed by atoms with Crippen LogP contribution >= 0.6 is 24.0 Å². The number of hydrogen-bond donors (Lipinski definition) is 2. The summed E-state index contributed by atoms with van der Waals surface area (Å²) in [6.45, 7) is 9.10. The van der Waals surface area contributed by atoms with Crippen LogP contribution in [0.4, 0.5) is 0 Å². The van der Waals surface area contributed by atoms with Crippen molar-refractivity contribution in [2.24, 2.45) is 4.99 Å². The van der Waals surface area contributed by atoms with Gasteiger partial charge in [-0.25, -0.2) is 4.99 Å². The zero-order chi connectivity index (χ0) is 18.7. The summed E-state index contributed by atoms with van der Waals surface area (Å²) in [4.78, 5) is 7.11. The molecule has 1 fully saturated rings. The van der Waals surface area contributed by atoms with Gasteiger partial charge >= 0.3 is 0 Å². The normalized spacial score (nSPS) is 15.0. The number of rotatable bonds is 7. The lowest BCUT2D eigenvalue weighted by Gasteiger charge is -2.26. The molecule has 1 saturated heterocycles. The van der Waals surface area contributed by atoms with Gasteiger partial charge in [0.25, 0.3) is 0 Å². The molecule has 0 saturated carbocycles. The fourth-order valence-electron chi connectivity index (χ4n) is 3.06. The second-order valence-electron chi connectivity index (χ2n) is 6.74. The Morgan fingerprint density at radius 2 is 1.61 bits per heavy atom. The Labute approximate surface area is 185 Å². The molecule has 0 radical (unpaired) electrons. The van der Waals surface area contributed by atoms with Crippen LogP contribution in [0.15, 0.2) is 59.6 Å². The molecule has 5 nitrogen and oxygen atoms in total. The maximum Gasteiger partial charge on any atom is 0.191 e. The Bertz CT molecular complexity index is 700. The third kappa shape index (κ3) is 7.77. The van der Waals surface area contributed by atoms with Crippen molar-refractivity contribution in [3.63, 3.8) is 0 Å². The third-order valence-electron chi connectivity index (χ3n) is 4.60. The van der Waals surface area contributed by atoms with Gasteiger partial charge in [0.05, 0.1) is 19.8 Å². The van der Waals surface area contributed by atoms with Gasteiger partial charge in [-0.1, -0.05) is 54.6 Å². The number of nitrogens with one attached hydrogen (secondary N) is 2. The Balaban J connectivity index is 0.00000280. The average molecular weight is 494 g/mol. The van der Waals surface area contributed by atoms with Crippen LogP contribution in [0.2, 0.25) is 0 Å². The number of benzene rings is 2. The van der Waals surface area contributed by atoms with Crippen LogP contribution in [-0.4, -0.2) is 43.7 Å². The molecule has 0 spiro atoms. The number of halogens is 1. The number of ether oxygens (including phenoxy) is 1. The first kappa shape index (κ1) is 22.6. The van der Waals surface area contributed by atoms with Gasteiger partial charge in [-0.05, 0) is 23.6 Å². The largest absolute Gasteiger partial charge is 0.379 e. The van der Waals surface area contributed by atoms with E-state index in [9.17, 15) is 0 Å². The molecule has 0 amide bonds. The Hall–Kier alpha value is -1.64. The molecule has 1 aliphatic heterocycles.